The zero-order valence-corrected chi connectivity index (χ0v) is 12.7. The Balaban J connectivity index is 1.61. The molecule has 0 bridgehead atoms. The molecule has 1 N–H and O–H groups in total. The topological polar surface area (TPSA) is 21.3 Å². The lowest BCUT2D eigenvalue weighted by Gasteiger charge is -2.08. The highest BCUT2D eigenvalue weighted by Crippen LogP contribution is 2.17. The van der Waals surface area contributed by atoms with Crippen molar-refractivity contribution in [2.24, 2.45) is 0 Å². The Bertz CT molecular complexity index is 548. The second-order valence-corrected chi connectivity index (χ2v) is 5.31. The summed E-state index contributed by atoms with van der Waals surface area (Å²) in [5.74, 6) is 0.704. The third kappa shape index (κ3) is 4.94. The van der Waals surface area contributed by atoms with Crippen molar-refractivity contribution in [3.05, 3.63) is 64.4 Å². The number of nitrogens with one attached hydrogen (secondary N) is 1. The predicted octanol–water partition coefficient (Wildman–Crippen LogP) is 3.80. The normalized spacial score (nSPS) is 10.5. The van der Waals surface area contributed by atoms with Crippen LogP contribution in [0.3, 0.4) is 0 Å². The molecule has 106 valence electrons. The molecule has 2 rings (SSSR count). The van der Waals surface area contributed by atoms with Gasteiger partial charge in [0.15, 0.2) is 0 Å². The maximum atomic E-state index is 13.4. The van der Waals surface area contributed by atoms with E-state index in [0.717, 1.165) is 28.9 Å². The molecule has 0 aliphatic heterocycles. The Labute approximate surface area is 127 Å². The first-order valence-electron chi connectivity index (χ1n) is 6.58. The molecule has 0 spiro atoms. The molecule has 0 aliphatic carbocycles. The molecule has 0 unspecified atom stereocenters. The SMILES string of the molecule is Fc1ccccc1CCNCCOc1cccc(Br)c1. The van der Waals surface area contributed by atoms with Crippen molar-refractivity contribution < 1.29 is 9.13 Å². The van der Waals surface area contributed by atoms with Gasteiger partial charge in [0, 0.05) is 11.0 Å². The van der Waals surface area contributed by atoms with E-state index >= 15 is 0 Å². The van der Waals surface area contributed by atoms with Gasteiger partial charge in [-0.05, 0) is 42.8 Å². The largest absolute Gasteiger partial charge is 0.492 e. The van der Waals surface area contributed by atoms with Gasteiger partial charge in [-0.1, -0.05) is 40.2 Å². The average molecular weight is 338 g/mol. The van der Waals surface area contributed by atoms with Crippen molar-refractivity contribution in [1.82, 2.24) is 5.32 Å². The molecule has 0 heterocycles. The maximum Gasteiger partial charge on any atom is 0.126 e. The average Bonchev–Trinajstić information content (AvgIpc) is 2.44. The van der Waals surface area contributed by atoms with E-state index in [-0.39, 0.29) is 5.82 Å². The highest BCUT2D eigenvalue weighted by Gasteiger charge is 1.99. The summed E-state index contributed by atoms with van der Waals surface area (Å²) in [4.78, 5) is 0. The first kappa shape index (κ1) is 15.0. The van der Waals surface area contributed by atoms with Gasteiger partial charge in [0.1, 0.15) is 18.2 Å². The molecule has 0 saturated heterocycles. The fraction of sp³-hybridized carbons (Fsp3) is 0.250. The molecule has 2 aromatic rings. The lowest BCUT2D eigenvalue weighted by atomic mass is 10.1. The van der Waals surface area contributed by atoms with Gasteiger partial charge >= 0.3 is 0 Å². The molecule has 0 fully saturated rings. The Morgan fingerprint density at radius 3 is 2.70 bits per heavy atom. The number of rotatable bonds is 7. The van der Waals surface area contributed by atoms with Crippen molar-refractivity contribution >= 4 is 15.9 Å². The van der Waals surface area contributed by atoms with Crippen LogP contribution in [0.1, 0.15) is 5.56 Å². The van der Waals surface area contributed by atoms with Crippen LogP contribution in [0.2, 0.25) is 0 Å². The zero-order chi connectivity index (χ0) is 14.2. The fourth-order valence-electron chi connectivity index (χ4n) is 1.85. The van der Waals surface area contributed by atoms with E-state index in [1.165, 1.54) is 6.07 Å². The van der Waals surface area contributed by atoms with Crippen LogP contribution in [0, 0.1) is 5.82 Å². The summed E-state index contributed by atoms with van der Waals surface area (Å²) in [6.45, 7) is 2.07. The van der Waals surface area contributed by atoms with E-state index in [9.17, 15) is 4.39 Å². The van der Waals surface area contributed by atoms with E-state index in [4.69, 9.17) is 4.74 Å². The minimum atomic E-state index is -0.139. The monoisotopic (exact) mass is 337 g/mol. The Morgan fingerprint density at radius 1 is 1.05 bits per heavy atom. The van der Waals surface area contributed by atoms with Crippen molar-refractivity contribution in [2.45, 2.75) is 6.42 Å². The van der Waals surface area contributed by atoms with Crippen LogP contribution < -0.4 is 10.1 Å². The molecular weight excluding hydrogens is 321 g/mol. The molecular formula is C16H17BrFNO. The van der Waals surface area contributed by atoms with Gasteiger partial charge < -0.3 is 10.1 Å². The second-order valence-electron chi connectivity index (χ2n) is 4.40. The summed E-state index contributed by atoms with van der Waals surface area (Å²) >= 11 is 3.40. The third-order valence-electron chi connectivity index (χ3n) is 2.87. The molecule has 20 heavy (non-hydrogen) atoms. The van der Waals surface area contributed by atoms with Gasteiger partial charge in [0.25, 0.3) is 0 Å². The van der Waals surface area contributed by atoms with Crippen LogP contribution in [-0.2, 0) is 6.42 Å². The van der Waals surface area contributed by atoms with Gasteiger partial charge in [0.2, 0.25) is 0 Å². The summed E-state index contributed by atoms with van der Waals surface area (Å²) in [5.41, 5.74) is 0.743. The van der Waals surface area contributed by atoms with Gasteiger partial charge in [-0.25, -0.2) is 4.39 Å². The summed E-state index contributed by atoms with van der Waals surface area (Å²) in [6.07, 6.45) is 0.684. The van der Waals surface area contributed by atoms with E-state index in [2.05, 4.69) is 21.2 Å². The Hall–Kier alpha value is -1.39. The molecule has 2 aromatic carbocycles. The van der Waals surface area contributed by atoms with Gasteiger partial charge in [-0.2, -0.15) is 0 Å². The van der Waals surface area contributed by atoms with Crippen molar-refractivity contribution in [2.75, 3.05) is 19.7 Å². The summed E-state index contributed by atoms with van der Waals surface area (Å²) in [7, 11) is 0. The first-order valence-corrected chi connectivity index (χ1v) is 7.37. The Morgan fingerprint density at radius 2 is 1.90 bits per heavy atom. The smallest absolute Gasteiger partial charge is 0.126 e. The van der Waals surface area contributed by atoms with Gasteiger partial charge in [0.05, 0.1) is 0 Å². The van der Waals surface area contributed by atoms with E-state index in [1.807, 2.05) is 36.4 Å². The highest BCUT2D eigenvalue weighted by atomic mass is 79.9. The van der Waals surface area contributed by atoms with Gasteiger partial charge in [-0.3, -0.25) is 0 Å². The lowest BCUT2D eigenvalue weighted by Crippen LogP contribution is -2.23. The first-order chi connectivity index (χ1) is 9.75. The molecule has 0 aliphatic rings. The standard InChI is InChI=1S/C16H17BrFNO/c17-14-5-3-6-15(12-14)20-11-10-19-9-8-13-4-1-2-7-16(13)18/h1-7,12,19H,8-11H2. The van der Waals surface area contributed by atoms with Gasteiger partial charge in [-0.15, -0.1) is 0 Å². The Kier molecular flexibility index (Phi) is 6.02. The number of hydrogen-bond acceptors (Lipinski definition) is 2. The lowest BCUT2D eigenvalue weighted by molar-refractivity contribution is 0.314. The second kappa shape index (κ2) is 8.02. The van der Waals surface area contributed by atoms with Crippen molar-refractivity contribution in [3.63, 3.8) is 0 Å². The third-order valence-corrected chi connectivity index (χ3v) is 3.37. The number of halogens is 2. The van der Waals surface area contributed by atoms with Crippen LogP contribution in [0.25, 0.3) is 0 Å². The summed E-state index contributed by atoms with van der Waals surface area (Å²) in [6, 6.07) is 14.6. The van der Waals surface area contributed by atoms with E-state index in [0.29, 0.717) is 13.0 Å². The quantitative estimate of drug-likeness (QED) is 0.776. The summed E-state index contributed by atoms with van der Waals surface area (Å²) in [5, 5.41) is 3.24. The van der Waals surface area contributed by atoms with Crippen LogP contribution in [-0.4, -0.2) is 19.7 Å². The summed E-state index contributed by atoms with van der Waals surface area (Å²) < 4.78 is 20.0. The number of hydrogen-bond donors (Lipinski definition) is 1. The van der Waals surface area contributed by atoms with Crippen molar-refractivity contribution in [1.29, 1.82) is 0 Å². The molecule has 0 saturated carbocycles. The molecule has 2 nitrogen and oxygen atoms in total. The molecule has 0 aromatic heterocycles. The highest BCUT2D eigenvalue weighted by molar-refractivity contribution is 9.10. The van der Waals surface area contributed by atoms with Crippen LogP contribution >= 0.6 is 15.9 Å². The molecule has 0 radical (unpaired) electrons. The number of ether oxygens (including phenoxy) is 1. The van der Waals surface area contributed by atoms with Crippen LogP contribution in [0.5, 0.6) is 5.75 Å². The van der Waals surface area contributed by atoms with Crippen LogP contribution in [0.15, 0.2) is 53.0 Å². The minimum Gasteiger partial charge on any atom is -0.492 e. The molecule has 0 amide bonds. The minimum absolute atomic E-state index is 0.139. The van der Waals surface area contributed by atoms with E-state index < -0.39 is 0 Å². The number of benzene rings is 2. The van der Waals surface area contributed by atoms with E-state index in [1.54, 1.807) is 6.07 Å². The maximum absolute atomic E-state index is 13.4. The molecule has 4 heteroatoms. The predicted molar refractivity (Wildman–Crippen MR) is 82.6 cm³/mol. The fourth-order valence-corrected chi connectivity index (χ4v) is 2.23. The van der Waals surface area contributed by atoms with Crippen molar-refractivity contribution in [3.8, 4) is 5.75 Å². The van der Waals surface area contributed by atoms with Crippen LogP contribution in [0.4, 0.5) is 4.39 Å². The zero-order valence-electron chi connectivity index (χ0n) is 11.1. The molecule has 0 atom stereocenters.